The molecule has 0 fully saturated rings. The zero-order valence-corrected chi connectivity index (χ0v) is 13.5. The van der Waals surface area contributed by atoms with Crippen LogP contribution in [0, 0.1) is 6.92 Å². The normalized spacial score (nSPS) is 10.9. The number of rotatable bonds is 2. The summed E-state index contributed by atoms with van der Waals surface area (Å²) in [5, 5.41) is 0. The van der Waals surface area contributed by atoms with Crippen molar-refractivity contribution in [3.05, 3.63) is 54.1 Å². The van der Waals surface area contributed by atoms with Crippen molar-refractivity contribution in [2.45, 2.75) is 6.92 Å². The monoisotopic (exact) mass is 274 g/mol. The first kappa shape index (κ1) is 16.0. The summed E-state index contributed by atoms with van der Waals surface area (Å²) in [4.78, 5) is 0. The minimum atomic E-state index is -4.92. The van der Waals surface area contributed by atoms with Gasteiger partial charge in [0.25, 0.3) is 0 Å². The molecule has 0 aliphatic carbocycles. The molecule has 0 radical (unpaired) electrons. The van der Waals surface area contributed by atoms with Gasteiger partial charge in [0.1, 0.15) is 0 Å². The van der Waals surface area contributed by atoms with E-state index in [-0.39, 0.29) is 56.9 Å². The molecule has 0 unspecified atom stereocenters. The van der Waals surface area contributed by atoms with Gasteiger partial charge in [0, 0.05) is 0 Å². The van der Waals surface area contributed by atoms with E-state index in [9.17, 15) is 12.9 Å². The fourth-order valence-corrected chi connectivity index (χ4v) is 1.85. The third-order valence-electron chi connectivity index (χ3n) is 2.73. The summed E-state index contributed by atoms with van der Waals surface area (Å²) < 4.78 is 37.9. The van der Waals surface area contributed by atoms with Crippen molar-refractivity contribution in [3.8, 4) is 11.1 Å². The maximum absolute atomic E-state index is 12.6. The van der Waals surface area contributed by atoms with Gasteiger partial charge in [-0.2, -0.15) is 0 Å². The van der Waals surface area contributed by atoms with Crippen LogP contribution in [0.1, 0.15) is 5.56 Å². The van der Waals surface area contributed by atoms with Crippen LogP contribution in [-0.2, 0) is 0 Å². The van der Waals surface area contributed by atoms with Gasteiger partial charge in [-0.15, -0.1) is 5.46 Å². The molecule has 0 N–H and O–H groups in total. The molecular formula is C13H11BF3K. The summed E-state index contributed by atoms with van der Waals surface area (Å²) in [7, 11) is 0. The Morgan fingerprint density at radius 2 is 1.44 bits per heavy atom. The van der Waals surface area contributed by atoms with Gasteiger partial charge in [-0.1, -0.05) is 54.1 Å². The average molecular weight is 274 g/mol. The van der Waals surface area contributed by atoms with Crippen molar-refractivity contribution in [2.75, 3.05) is 0 Å². The molecule has 2 rings (SSSR count). The third-order valence-corrected chi connectivity index (χ3v) is 2.73. The molecule has 0 atom stereocenters. The molecule has 0 aliphatic heterocycles. The summed E-state index contributed by atoms with van der Waals surface area (Å²) in [6.45, 7) is -3.42. The summed E-state index contributed by atoms with van der Waals surface area (Å²) in [6, 6.07) is 13.6. The zero-order valence-electron chi connectivity index (χ0n) is 10.3. The van der Waals surface area contributed by atoms with Crippen LogP contribution < -0.4 is 56.8 Å². The van der Waals surface area contributed by atoms with E-state index in [0.717, 1.165) is 17.2 Å². The van der Waals surface area contributed by atoms with Crippen LogP contribution in [0.3, 0.4) is 0 Å². The fraction of sp³-hybridized carbons (Fsp3) is 0.0769. The third kappa shape index (κ3) is 3.71. The van der Waals surface area contributed by atoms with Crippen molar-refractivity contribution in [2.24, 2.45) is 0 Å². The van der Waals surface area contributed by atoms with Crippen LogP contribution in [0.5, 0.6) is 0 Å². The zero-order chi connectivity index (χ0) is 12.5. The summed E-state index contributed by atoms with van der Waals surface area (Å²) in [5.41, 5.74) is 1.51. The minimum Gasteiger partial charge on any atom is -0.445 e. The second kappa shape index (κ2) is 6.39. The molecule has 88 valence electrons. The van der Waals surface area contributed by atoms with Gasteiger partial charge in [-0.25, -0.2) is 0 Å². The molecule has 0 nitrogen and oxygen atoms in total. The van der Waals surface area contributed by atoms with E-state index in [0.29, 0.717) is 0 Å². The Labute approximate surface area is 147 Å². The van der Waals surface area contributed by atoms with E-state index in [4.69, 9.17) is 0 Å². The van der Waals surface area contributed by atoms with E-state index < -0.39 is 12.4 Å². The number of hydrogen-bond donors (Lipinski definition) is 0. The van der Waals surface area contributed by atoms with Crippen LogP contribution in [0.4, 0.5) is 12.9 Å². The molecule has 2 aromatic carbocycles. The first-order valence-corrected chi connectivity index (χ1v) is 5.34. The van der Waals surface area contributed by atoms with Crippen LogP contribution in [-0.4, -0.2) is 6.98 Å². The minimum absolute atomic E-state index is 0. The maximum Gasteiger partial charge on any atom is 1.00 e. The summed E-state index contributed by atoms with van der Waals surface area (Å²) in [6.07, 6.45) is 0. The second-order valence-corrected chi connectivity index (χ2v) is 4.01. The molecule has 18 heavy (non-hydrogen) atoms. The van der Waals surface area contributed by atoms with Gasteiger partial charge >= 0.3 is 58.4 Å². The van der Waals surface area contributed by atoms with Crippen molar-refractivity contribution in [1.29, 1.82) is 0 Å². The molecule has 0 aliphatic rings. The van der Waals surface area contributed by atoms with E-state index in [1.807, 2.05) is 30.3 Å². The Balaban J connectivity index is 0.00000162. The van der Waals surface area contributed by atoms with Gasteiger partial charge in [-0.3, -0.25) is 0 Å². The molecule has 0 bridgehead atoms. The number of halogens is 3. The molecule has 0 saturated carbocycles. The second-order valence-electron chi connectivity index (χ2n) is 4.01. The Kier molecular flexibility index (Phi) is 5.68. The van der Waals surface area contributed by atoms with E-state index in [1.54, 1.807) is 6.07 Å². The molecule has 5 heteroatoms. The first-order valence-electron chi connectivity index (χ1n) is 5.34. The Morgan fingerprint density at radius 3 is 1.94 bits per heavy atom. The predicted octanol–water partition coefficient (Wildman–Crippen LogP) is 0.720. The van der Waals surface area contributed by atoms with E-state index >= 15 is 0 Å². The smallest absolute Gasteiger partial charge is 0.445 e. The van der Waals surface area contributed by atoms with Crippen molar-refractivity contribution >= 4 is 12.4 Å². The van der Waals surface area contributed by atoms with Gasteiger partial charge in [-0.05, 0) is 18.1 Å². The molecular weight excluding hydrogens is 263 g/mol. The Bertz CT molecular complexity index is 524. The maximum atomic E-state index is 12.6. The van der Waals surface area contributed by atoms with Crippen molar-refractivity contribution < 1.29 is 64.3 Å². The van der Waals surface area contributed by atoms with Crippen LogP contribution in [0.2, 0.25) is 0 Å². The number of benzene rings is 2. The van der Waals surface area contributed by atoms with Gasteiger partial charge in [0.2, 0.25) is 0 Å². The Hall–Kier alpha value is -0.0687. The Morgan fingerprint density at radius 1 is 0.833 bits per heavy atom. The summed E-state index contributed by atoms with van der Waals surface area (Å²) in [5.74, 6) is 0. The number of hydrogen-bond acceptors (Lipinski definition) is 0. The van der Waals surface area contributed by atoms with Gasteiger partial charge in [0.15, 0.2) is 0 Å². The molecule has 0 aromatic heterocycles. The van der Waals surface area contributed by atoms with Crippen molar-refractivity contribution in [3.63, 3.8) is 0 Å². The van der Waals surface area contributed by atoms with Crippen LogP contribution in [0.15, 0.2) is 48.5 Å². The molecule has 2 aromatic rings. The molecule has 0 heterocycles. The first-order chi connectivity index (χ1) is 7.98. The van der Waals surface area contributed by atoms with E-state index in [1.165, 1.54) is 13.0 Å². The molecule has 0 amide bonds. The van der Waals surface area contributed by atoms with Crippen LogP contribution in [0.25, 0.3) is 11.1 Å². The SMILES string of the molecule is Cc1cc(-c2ccccc2)ccc1[B-](F)(F)F.[K+]. The average Bonchev–Trinajstić information content (AvgIpc) is 2.28. The van der Waals surface area contributed by atoms with Gasteiger partial charge < -0.3 is 12.9 Å². The van der Waals surface area contributed by atoms with Crippen LogP contribution >= 0.6 is 0 Å². The van der Waals surface area contributed by atoms with Gasteiger partial charge in [0.05, 0.1) is 0 Å². The topological polar surface area (TPSA) is 0 Å². The quantitative estimate of drug-likeness (QED) is 0.708. The molecule has 0 saturated heterocycles. The summed E-state index contributed by atoms with van der Waals surface area (Å²) >= 11 is 0. The standard InChI is InChI=1S/C13H11BF3.K/c1-10-9-12(11-5-3-2-4-6-11)7-8-13(10)14(15,16)17;/h2-9H,1H3;/q-1;+1. The predicted molar refractivity (Wildman–Crippen MR) is 65.3 cm³/mol. The number of aryl methyl sites for hydroxylation is 1. The van der Waals surface area contributed by atoms with Crippen molar-refractivity contribution in [1.82, 2.24) is 0 Å². The van der Waals surface area contributed by atoms with E-state index in [2.05, 4.69) is 0 Å². The molecule has 0 spiro atoms. The fourth-order valence-electron chi connectivity index (χ4n) is 1.85. The largest absolute Gasteiger partial charge is 1.00 e.